The van der Waals surface area contributed by atoms with E-state index in [1.807, 2.05) is 37.3 Å². The van der Waals surface area contributed by atoms with Crippen LogP contribution in [0, 0.1) is 6.92 Å². The molecule has 0 aliphatic heterocycles. The minimum Gasteiger partial charge on any atom is -0.491 e. The van der Waals surface area contributed by atoms with E-state index in [0.717, 1.165) is 34.2 Å². The third kappa shape index (κ3) is 7.08. The van der Waals surface area contributed by atoms with Gasteiger partial charge in [0.25, 0.3) is 5.56 Å². The minimum absolute atomic E-state index is 0.0138. The Hall–Kier alpha value is -3.36. The molecule has 1 N–H and O–H groups in total. The van der Waals surface area contributed by atoms with Crippen molar-refractivity contribution in [3.05, 3.63) is 97.3 Å². The second-order valence-corrected chi connectivity index (χ2v) is 9.22. The van der Waals surface area contributed by atoms with E-state index in [4.69, 9.17) is 16.3 Å². The quantitative estimate of drug-likeness (QED) is 0.393. The van der Waals surface area contributed by atoms with Gasteiger partial charge in [-0.05, 0) is 54.8 Å². The number of carbonyl (C=O) groups is 1. The molecule has 1 atom stereocenters. The number of aromatic nitrogens is 2. The van der Waals surface area contributed by atoms with Crippen molar-refractivity contribution in [2.75, 3.05) is 13.2 Å². The van der Waals surface area contributed by atoms with E-state index in [9.17, 15) is 19.5 Å². The van der Waals surface area contributed by atoms with Crippen LogP contribution < -0.4 is 16.0 Å². The summed E-state index contributed by atoms with van der Waals surface area (Å²) in [4.78, 5) is 38.0. The molecule has 0 radical (unpaired) electrons. The van der Waals surface area contributed by atoms with Gasteiger partial charge in [0.05, 0.1) is 13.0 Å². The van der Waals surface area contributed by atoms with Crippen LogP contribution in [0.4, 0.5) is 0 Å². The Labute approximate surface area is 215 Å². The van der Waals surface area contributed by atoms with Crippen molar-refractivity contribution >= 4 is 17.6 Å². The van der Waals surface area contributed by atoms with Gasteiger partial charge in [-0.15, -0.1) is 0 Å². The number of carboxylic acids is 1. The fourth-order valence-electron chi connectivity index (χ4n) is 4.21. The van der Waals surface area contributed by atoms with Crippen LogP contribution in [0.3, 0.4) is 0 Å². The molecule has 36 heavy (non-hydrogen) atoms. The Bertz CT molecular complexity index is 1300. The molecule has 0 aliphatic carbocycles. The molecule has 1 aromatic heterocycles. The van der Waals surface area contributed by atoms with Gasteiger partial charge in [-0.3, -0.25) is 19.1 Å². The highest BCUT2D eigenvalue weighted by Gasteiger charge is 2.23. The summed E-state index contributed by atoms with van der Waals surface area (Å²) in [5.41, 5.74) is 2.12. The Morgan fingerprint density at radius 2 is 1.86 bits per heavy atom. The average molecular weight is 514 g/mol. The van der Waals surface area contributed by atoms with Gasteiger partial charge < -0.3 is 14.4 Å². The maximum absolute atomic E-state index is 12.2. The van der Waals surface area contributed by atoms with E-state index in [-0.39, 0.29) is 36.9 Å². The molecule has 3 aromatic rings. The third-order valence-corrected chi connectivity index (χ3v) is 6.26. The smallest absolute Gasteiger partial charge is 0.330 e. The molecule has 0 amide bonds. The predicted octanol–water partition coefficient (Wildman–Crippen LogP) is 4.02. The molecule has 0 bridgehead atoms. The van der Waals surface area contributed by atoms with Crippen molar-refractivity contribution in [1.82, 2.24) is 14.0 Å². The van der Waals surface area contributed by atoms with Crippen LogP contribution in [0.25, 0.3) is 0 Å². The molecule has 3 rings (SSSR count). The second kappa shape index (κ2) is 12.6. The highest BCUT2D eigenvalue weighted by molar-refractivity contribution is 6.30. The molecule has 9 heteroatoms. The largest absolute Gasteiger partial charge is 0.491 e. The molecule has 192 valence electrons. The number of aliphatic carboxylic acids is 1. The second-order valence-electron chi connectivity index (χ2n) is 8.78. The van der Waals surface area contributed by atoms with Crippen molar-refractivity contribution in [3.8, 4) is 5.75 Å². The molecule has 0 saturated heterocycles. The van der Waals surface area contributed by atoms with Crippen molar-refractivity contribution in [1.29, 1.82) is 0 Å². The summed E-state index contributed by atoms with van der Waals surface area (Å²) >= 11 is 6.04. The Morgan fingerprint density at radius 3 is 2.50 bits per heavy atom. The van der Waals surface area contributed by atoms with Crippen LogP contribution in [0.2, 0.25) is 5.02 Å². The zero-order valence-electron chi connectivity index (χ0n) is 20.8. The van der Waals surface area contributed by atoms with Crippen LogP contribution in [0.5, 0.6) is 5.75 Å². The van der Waals surface area contributed by atoms with Crippen molar-refractivity contribution in [2.45, 2.75) is 45.8 Å². The molecule has 0 fully saturated rings. The standard InChI is InChI=1S/C27H32ClN3O5/c1-4-12-30(23(17-26(33)34)21-6-8-22(28)9-7-21)18-20-5-10-24(19(2)16-20)36-15-14-31-25(32)11-13-29(3)27(31)35/h5-11,13,16,23H,4,12,14-15,17-18H2,1-3H3,(H,33,34). The SMILES string of the molecule is CCCN(Cc1ccc(OCCn2c(=O)ccn(C)c2=O)c(C)c1)C(CC(=O)O)c1ccc(Cl)cc1. The van der Waals surface area contributed by atoms with Crippen molar-refractivity contribution in [3.63, 3.8) is 0 Å². The normalized spacial score (nSPS) is 12.0. The van der Waals surface area contributed by atoms with Crippen LogP contribution in [0.1, 0.15) is 42.5 Å². The average Bonchev–Trinajstić information content (AvgIpc) is 2.83. The Balaban J connectivity index is 1.73. The molecule has 1 unspecified atom stereocenters. The van der Waals surface area contributed by atoms with Crippen LogP contribution in [-0.2, 0) is 24.9 Å². The molecule has 0 aliphatic rings. The highest BCUT2D eigenvalue weighted by Crippen LogP contribution is 2.29. The predicted molar refractivity (Wildman–Crippen MR) is 140 cm³/mol. The molecule has 0 spiro atoms. The first kappa shape index (κ1) is 27.2. The fraction of sp³-hybridized carbons (Fsp3) is 0.370. The molecular formula is C27H32ClN3O5. The summed E-state index contributed by atoms with van der Waals surface area (Å²) in [5, 5.41) is 10.2. The maximum Gasteiger partial charge on any atom is 0.330 e. The number of hydrogen-bond donors (Lipinski definition) is 1. The number of benzene rings is 2. The minimum atomic E-state index is -0.858. The van der Waals surface area contributed by atoms with E-state index in [1.54, 1.807) is 19.2 Å². The third-order valence-electron chi connectivity index (χ3n) is 6.01. The first-order chi connectivity index (χ1) is 17.2. The van der Waals surface area contributed by atoms with Gasteiger partial charge in [-0.2, -0.15) is 0 Å². The lowest BCUT2D eigenvalue weighted by atomic mass is 10.0. The van der Waals surface area contributed by atoms with E-state index in [1.165, 1.54) is 16.8 Å². The zero-order chi connectivity index (χ0) is 26.2. The lowest BCUT2D eigenvalue weighted by Crippen LogP contribution is -2.39. The number of rotatable bonds is 12. The van der Waals surface area contributed by atoms with E-state index >= 15 is 0 Å². The number of aryl methyl sites for hydroxylation is 2. The van der Waals surface area contributed by atoms with Gasteiger partial charge in [0.1, 0.15) is 12.4 Å². The van der Waals surface area contributed by atoms with Gasteiger partial charge in [-0.1, -0.05) is 42.8 Å². The van der Waals surface area contributed by atoms with Crippen LogP contribution in [-0.4, -0.2) is 38.3 Å². The van der Waals surface area contributed by atoms with Gasteiger partial charge in [-0.25, -0.2) is 4.79 Å². The lowest BCUT2D eigenvalue weighted by molar-refractivity contribution is -0.138. The summed E-state index contributed by atoms with van der Waals surface area (Å²) in [6.07, 6.45) is 2.31. The van der Waals surface area contributed by atoms with Gasteiger partial charge in [0.2, 0.25) is 0 Å². The Kier molecular flexibility index (Phi) is 9.50. The van der Waals surface area contributed by atoms with Crippen molar-refractivity contribution < 1.29 is 14.6 Å². The summed E-state index contributed by atoms with van der Waals surface area (Å²) < 4.78 is 8.36. The number of halogens is 1. The first-order valence-electron chi connectivity index (χ1n) is 11.9. The lowest BCUT2D eigenvalue weighted by Gasteiger charge is -2.31. The molecule has 0 saturated carbocycles. The molecular weight excluding hydrogens is 482 g/mol. The van der Waals surface area contributed by atoms with Crippen LogP contribution >= 0.6 is 11.6 Å². The number of ether oxygens (including phenoxy) is 1. The fourth-order valence-corrected chi connectivity index (χ4v) is 4.34. The number of nitrogens with zero attached hydrogens (tertiary/aromatic N) is 3. The van der Waals surface area contributed by atoms with Gasteiger partial charge in [0.15, 0.2) is 0 Å². The molecule has 1 heterocycles. The summed E-state index contributed by atoms with van der Waals surface area (Å²) in [7, 11) is 1.60. The molecule has 8 nitrogen and oxygen atoms in total. The number of carboxylic acid groups (broad SMARTS) is 1. The monoisotopic (exact) mass is 513 g/mol. The van der Waals surface area contributed by atoms with Gasteiger partial charge >= 0.3 is 11.7 Å². The van der Waals surface area contributed by atoms with E-state index in [2.05, 4.69) is 11.8 Å². The summed E-state index contributed by atoms with van der Waals surface area (Å²) in [6, 6.07) is 14.2. The van der Waals surface area contributed by atoms with Crippen molar-refractivity contribution in [2.24, 2.45) is 7.05 Å². The topological polar surface area (TPSA) is 93.8 Å². The molecule has 2 aromatic carbocycles. The highest BCUT2D eigenvalue weighted by atomic mass is 35.5. The maximum atomic E-state index is 12.2. The Morgan fingerprint density at radius 1 is 1.14 bits per heavy atom. The van der Waals surface area contributed by atoms with E-state index in [0.29, 0.717) is 17.3 Å². The first-order valence-corrected chi connectivity index (χ1v) is 12.3. The van der Waals surface area contributed by atoms with E-state index < -0.39 is 5.97 Å². The van der Waals surface area contributed by atoms with Crippen LogP contribution in [0.15, 0.2) is 64.3 Å². The number of hydrogen-bond acceptors (Lipinski definition) is 5. The van der Waals surface area contributed by atoms with Gasteiger partial charge in [0, 0.05) is 36.9 Å². The summed E-state index contributed by atoms with van der Waals surface area (Å²) in [6.45, 7) is 5.64. The summed E-state index contributed by atoms with van der Waals surface area (Å²) in [5.74, 6) is -0.190. The zero-order valence-corrected chi connectivity index (χ0v) is 21.6.